The number of piperazine rings is 1. The minimum absolute atomic E-state index is 0.00564. The van der Waals surface area contributed by atoms with Crippen LogP contribution in [0.5, 0.6) is 0 Å². The van der Waals surface area contributed by atoms with Crippen molar-refractivity contribution in [2.75, 3.05) is 26.2 Å². The maximum Gasteiger partial charge on any atom is 0.240 e. The fourth-order valence-corrected chi connectivity index (χ4v) is 2.94. The molecule has 0 aromatic rings. The Morgan fingerprint density at radius 1 is 1.43 bits per heavy atom. The molecule has 5 heteroatoms. The van der Waals surface area contributed by atoms with Gasteiger partial charge in [0.15, 0.2) is 0 Å². The van der Waals surface area contributed by atoms with Crippen molar-refractivity contribution in [3.05, 3.63) is 11.6 Å². The molecule has 0 bridgehead atoms. The molecule has 1 saturated heterocycles. The molecule has 2 N–H and O–H groups in total. The Morgan fingerprint density at radius 3 is 2.95 bits per heavy atom. The van der Waals surface area contributed by atoms with Gasteiger partial charge in [0.2, 0.25) is 11.8 Å². The molecule has 0 spiro atoms. The van der Waals surface area contributed by atoms with Gasteiger partial charge in [-0.25, -0.2) is 0 Å². The third kappa shape index (κ3) is 4.30. The highest BCUT2D eigenvalue weighted by molar-refractivity contribution is 5.87. The van der Waals surface area contributed by atoms with Crippen molar-refractivity contribution in [1.29, 1.82) is 0 Å². The molecule has 1 heterocycles. The summed E-state index contributed by atoms with van der Waals surface area (Å²) in [5.74, 6) is 0.00287. The van der Waals surface area contributed by atoms with Crippen LogP contribution in [0.1, 0.15) is 46.0 Å². The van der Waals surface area contributed by atoms with Crippen molar-refractivity contribution >= 4 is 11.8 Å². The molecule has 0 saturated carbocycles. The highest BCUT2D eigenvalue weighted by Crippen LogP contribution is 2.19. The van der Waals surface area contributed by atoms with Gasteiger partial charge in [0.05, 0.1) is 12.1 Å². The summed E-state index contributed by atoms with van der Waals surface area (Å²) in [7, 11) is 0. The third-order valence-electron chi connectivity index (χ3n) is 4.50. The van der Waals surface area contributed by atoms with Crippen LogP contribution in [0.2, 0.25) is 0 Å². The summed E-state index contributed by atoms with van der Waals surface area (Å²) in [6, 6.07) is 0. The molecule has 21 heavy (non-hydrogen) atoms. The first-order valence-electron chi connectivity index (χ1n) is 7.98. The predicted octanol–water partition coefficient (Wildman–Crippen LogP) is 1.20. The second-order valence-corrected chi connectivity index (χ2v) is 6.44. The molecule has 2 rings (SSSR count). The molecule has 0 radical (unpaired) electrons. The highest BCUT2D eigenvalue weighted by Gasteiger charge is 2.38. The van der Waals surface area contributed by atoms with Crippen LogP contribution in [0.25, 0.3) is 0 Å². The van der Waals surface area contributed by atoms with Crippen LogP contribution in [-0.2, 0) is 9.59 Å². The highest BCUT2D eigenvalue weighted by atomic mass is 16.2. The third-order valence-corrected chi connectivity index (χ3v) is 4.50. The van der Waals surface area contributed by atoms with E-state index >= 15 is 0 Å². The van der Waals surface area contributed by atoms with Gasteiger partial charge in [-0.3, -0.25) is 14.5 Å². The summed E-state index contributed by atoms with van der Waals surface area (Å²) in [5, 5.41) is 5.82. The van der Waals surface area contributed by atoms with Crippen LogP contribution in [0.3, 0.4) is 0 Å². The zero-order chi connectivity index (χ0) is 15.3. The van der Waals surface area contributed by atoms with E-state index in [4.69, 9.17) is 0 Å². The first kappa shape index (κ1) is 16.0. The monoisotopic (exact) mass is 293 g/mol. The van der Waals surface area contributed by atoms with Crippen molar-refractivity contribution in [1.82, 2.24) is 15.5 Å². The van der Waals surface area contributed by atoms with E-state index in [1.165, 1.54) is 31.3 Å². The summed E-state index contributed by atoms with van der Waals surface area (Å²) >= 11 is 0. The number of hydrogen-bond acceptors (Lipinski definition) is 3. The summed E-state index contributed by atoms with van der Waals surface area (Å²) in [6.45, 7) is 6.05. The van der Waals surface area contributed by atoms with Crippen molar-refractivity contribution in [3.8, 4) is 0 Å². The van der Waals surface area contributed by atoms with E-state index < -0.39 is 5.54 Å². The van der Waals surface area contributed by atoms with E-state index in [1.807, 2.05) is 18.7 Å². The lowest BCUT2D eigenvalue weighted by Gasteiger charge is -2.40. The first-order valence-corrected chi connectivity index (χ1v) is 7.98. The summed E-state index contributed by atoms with van der Waals surface area (Å²) < 4.78 is 0. The first-order chi connectivity index (χ1) is 10.00. The largest absolute Gasteiger partial charge is 0.355 e. The predicted molar refractivity (Wildman–Crippen MR) is 82.8 cm³/mol. The molecule has 118 valence electrons. The lowest BCUT2D eigenvalue weighted by atomic mass is 9.97. The molecule has 0 aromatic heterocycles. The Hall–Kier alpha value is -1.36. The number of nitrogens with one attached hydrogen (secondary N) is 2. The fraction of sp³-hybridized carbons (Fsp3) is 0.750. The van der Waals surface area contributed by atoms with Gasteiger partial charge in [0.1, 0.15) is 0 Å². The number of carbonyl (C=O) groups excluding carboxylic acids is 2. The van der Waals surface area contributed by atoms with Crippen LogP contribution in [-0.4, -0.2) is 48.4 Å². The van der Waals surface area contributed by atoms with E-state index in [2.05, 4.69) is 16.7 Å². The molecule has 1 aliphatic carbocycles. The molecule has 0 aromatic carbocycles. The molecule has 1 aliphatic heterocycles. The number of carbonyl (C=O) groups is 2. The van der Waals surface area contributed by atoms with Gasteiger partial charge in [-0.05, 0) is 46.0 Å². The van der Waals surface area contributed by atoms with E-state index in [9.17, 15) is 9.59 Å². The van der Waals surface area contributed by atoms with E-state index in [0.29, 0.717) is 19.6 Å². The summed E-state index contributed by atoms with van der Waals surface area (Å²) in [5.41, 5.74) is 0.862. The number of hydrogen-bond donors (Lipinski definition) is 2. The Labute approximate surface area is 127 Å². The van der Waals surface area contributed by atoms with Crippen LogP contribution < -0.4 is 10.6 Å². The van der Waals surface area contributed by atoms with Gasteiger partial charge in [-0.15, -0.1) is 0 Å². The van der Waals surface area contributed by atoms with Crippen molar-refractivity contribution in [2.24, 2.45) is 0 Å². The molecular weight excluding hydrogens is 266 g/mol. The smallest absolute Gasteiger partial charge is 0.240 e. The van der Waals surface area contributed by atoms with Crippen LogP contribution >= 0.6 is 0 Å². The van der Waals surface area contributed by atoms with Gasteiger partial charge in [-0.1, -0.05) is 11.6 Å². The lowest BCUT2D eigenvalue weighted by Crippen LogP contribution is -2.63. The quantitative estimate of drug-likeness (QED) is 0.749. The molecule has 2 amide bonds. The van der Waals surface area contributed by atoms with Gasteiger partial charge >= 0.3 is 0 Å². The minimum atomic E-state index is -0.610. The number of allylic oxidation sites excluding steroid dienone is 1. The SMILES string of the molecule is CC1(C)C(=O)NCCN1CC(=O)NCCC1=CCCCC1. The molecule has 0 atom stereocenters. The van der Waals surface area contributed by atoms with Gasteiger partial charge in [0, 0.05) is 19.6 Å². The molecule has 5 nitrogen and oxygen atoms in total. The van der Waals surface area contributed by atoms with Crippen LogP contribution in [0.15, 0.2) is 11.6 Å². The fourth-order valence-electron chi connectivity index (χ4n) is 2.94. The number of amides is 2. The maximum absolute atomic E-state index is 12.0. The maximum atomic E-state index is 12.0. The van der Waals surface area contributed by atoms with Gasteiger partial charge in [-0.2, -0.15) is 0 Å². The lowest BCUT2D eigenvalue weighted by molar-refractivity contribution is -0.137. The van der Waals surface area contributed by atoms with Crippen molar-refractivity contribution < 1.29 is 9.59 Å². The minimum Gasteiger partial charge on any atom is -0.355 e. The zero-order valence-electron chi connectivity index (χ0n) is 13.2. The van der Waals surface area contributed by atoms with Crippen molar-refractivity contribution in [3.63, 3.8) is 0 Å². The Kier molecular flexibility index (Phi) is 5.39. The number of nitrogens with zero attached hydrogens (tertiary/aromatic N) is 1. The second kappa shape index (κ2) is 7.07. The molecule has 0 unspecified atom stereocenters. The Bertz CT molecular complexity index is 429. The molecular formula is C16H27N3O2. The topological polar surface area (TPSA) is 61.4 Å². The Balaban J connectivity index is 1.73. The van der Waals surface area contributed by atoms with Gasteiger partial charge in [0.25, 0.3) is 0 Å². The average molecular weight is 293 g/mol. The summed E-state index contributed by atoms with van der Waals surface area (Å²) in [4.78, 5) is 25.8. The second-order valence-electron chi connectivity index (χ2n) is 6.44. The Morgan fingerprint density at radius 2 is 2.24 bits per heavy atom. The van der Waals surface area contributed by atoms with Gasteiger partial charge < -0.3 is 10.6 Å². The van der Waals surface area contributed by atoms with Crippen LogP contribution in [0, 0.1) is 0 Å². The van der Waals surface area contributed by atoms with Crippen LogP contribution in [0.4, 0.5) is 0 Å². The standard InChI is InChI=1S/C16H27N3O2/c1-16(2)15(21)18-10-11-19(16)12-14(20)17-9-8-13-6-4-3-5-7-13/h6H,3-5,7-12H2,1-2H3,(H,17,20)(H,18,21). The molecule has 1 fully saturated rings. The van der Waals surface area contributed by atoms with E-state index in [1.54, 1.807) is 0 Å². The normalized spacial score (nSPS) is 22.4. The number of rotatable bonds is 5. The average Bonchev–Trinajstić information content (AvgIpc) is 2.45. The summed E-state index contributed by atoms with van der Waals surface area (Å²) in [6.07, 6.45) is 8.19. The zero-order valence-corrected chi connectivity index (χ0v) is 13.2. The molecule has 2 aliphatic rings. The van der Waals surface area contributed by atoms with E-state index in [-0.39, 0.29) is 11.8 Å². The van der Waals surface area contributed by atoms with Crippen molar-refractivity contribution in [2.45, 2.75) is 51.5 Å². The van der Waals surface area contributed by atoms with E-state index in [0.717, 1.165) is 13.0 Å².